The number of benzene rings is 1. The minimum absolute atomic E-state index is 0.0199. The molecule has 2 N–H and O–H groups in total. The maximum absolute atomic E-state index is 12.0. The number of nitrogens with two attached hydrogens (primary N) is 1. The average Bonchev–Trinajstić information content (AvgIpc) is 3.01. The highest BCUT2D eigenvalue weighted by Crippen LogP contribution is 2.18. The van der Waals surface area contributed by atoms with E-state index in [-0.39, 0.29) is 31.1 Å². The Morgan fingerprint density at radius 1 is 1.36 bits per heavy atom. The standard InChI is InChI=1S/C16H23N3O3/c1-18(15(20)9-17)10-14-7-8-19(11-14)16(21)22-12-13-5-3-2-4-6-13/h2-6,14H,7-12,17H2,1H3/t14-/m0/s1. The van der Waals surface area contributed by atoms with Gasteiger partial charge in [0.15, 0.2) is 0 Å². The summed E-state index contributed by atoms with van der Waals surface area (Å²) in [7, 11) is 1.74. The number of rotatable bonds is 5. The van der Waals surface area contributed by atoms with Gasteiger partial charge in [0.05, 0.1) is 6.54 Å². The SMILES string of the molecule is CN(C[C@@H]1CCN(C(=O)OCc2ccccc2)C1)C(=O)CN. The summed E-state index contributed by atoms with van der Waals surface area (Å²) in [4.78, 5) is 26.8. The van der Waals surface area contributed by atoms with Gasteiger partial charge in [-0.3, -0.25) is 4.79 Å². The van der Waals surface area contributed by atoms with Gasteiger partial charge in [-0.1, -0.05) is 30.3 Å². The Kier molecular flexibility index (Phi) is 5.77. The second-order valence-electron chi connectivity index (χ2n) is 5.62. The third-order valence-corrected chi connectivity index (χ3v) is 3.88. The summed E-state index contributed by atoms with van der Waals surface area (Å²) in [5, 5.41) is 0. The highest BCUT2D eigenvalue weighted by atomic mass is 16.6. The molecule has 1 aliphatic rings. The molecule has 0 unspecified atom stereocenters. The van der Waals surface area contributed by atoms with Crippen molar-refractivity contribution in [1.29, 1.82) is 0 Å². The van der Waals surface area contributed by atoms with Crippen molar-refractivity contribution in [3.63, 3.8) is 0 Å². The number of ether oxygens (including phenoxy) is 1. The van der Waals surface area contributed by atoms with Crippen LogP contribution in [0.25, 0.3) is 0 Å². The van der Waals surface area contributed by atoms with Gasteiger partial charge in [0, 0.05) is 26.7 Å². The zero-order valence-corrected chi connectivity index (χ0v) is 12.9. The van der Waals surface area contributed by atoms with E-state index in [9.17, 15) is 9.59 Å². The van der Waals surface area contributed by atoms with Crippen molar-refractivity contribution in [2.24, 2.45) is 11.7 Å². The van der Waals surface area contributed by atoms with Gasteiger partial charge in [-0.25, -0.2) is 4.79 Å². The van der Waals surface area contributed by atoms with E-state index in [0.717, 1.165) is 12.0 Å². The van der Waals surface area contributed by atoms with Crippen molar-refractivity contribution < 1.29 is 14.3 Å². The molecular weight excluding hydrogens is 282 g/mol. The van der Waals surface area contributed by atoms with Crippen LogP contribution in [0.15, 0.2) is 30.3 Å². The van der Waals surface area contributed by atoms with Gasteiger partial charge in [-0.15, -0.1) is 0 Å². The van der Waals surface area contributed by atoms with Crippen LogP contribution in [0.1, 0.15) is 12.0 Å². The Labute approximate surface area is 130 Å². The summed E-state index contributed by atoms with van der Waals surface area (Å²) in [6, 6.07) is 9.61. The maximum atomic E-state index is 12.0. The predicted molar refractivity (Wildman–Crippen MR) is 83.0 cm³/mol. The van der Waals surface area contributed by atoms with Gasteiger partial charge in [0.25, 0.3) is 0 Å². The molecule has 0 aromatic heterocycles. The lowest BCUT2D eigenvalue weighted by molar-refractivity contribution is -0.128. The number of likely N-dealkylation sites (N-methyl/N-ethyl adjacent to an activating group) is 1. The Bertz CT molecular complexity index is 507. The maximum Gasteiger partial charge on any atom is 0.410 e. The quantitative estimate of drug-likeness (QED) is 0.882. The van der Waals surface area contributed by atoms with Gasteiger partial charge in [0.2, 0.25) is 5.91 Å². The Balaban J connectivity index is 1.75. The van der Waals surface area contributed by atoms with Crippen LogP contribution in [0, 0.1) is 5.92 Å². The normalized spacial score (nSPS) is 17.4. The van der Waals surface area contributed by atoms with Crippen LogP contribution >= 0.6 is 0 Å². The minimum Gasteiger partial charge on any atom is -0.445 e. The first kappa shape index (κ1) is 16.3. The van der Waals surface area contributed by atoms with Crippen LogP contribution in [0.5, 0.6) is 0 Å². The fourth-order valence-electron chi connectivity index (χ4n) is 2.60. The summed E-state index contributed by atoms with van der Waals surface area (Å²) in [5.74, 6) is 0.204. The van der Waals surface area contributed by atoms with Crippen LogP contribution in [-0.4, -0.2) is 55.0 Å². The topological polar surface area (TPSA) is 75.9 Å². The van der Waals surface area contributed by atoms with E-state index in [4.69, 9.17) is 10.5 Å². The van der Waals surface area contributed by atoms with Gasteiger partial charge in [0.1, 0.15) is 6.61 Å². The third kappa shape index (κ3) is 4.46. The van der Waals surface area contributed by atoms with Crippen molar-refractivity contribution >= 4 is 12.0 Å². The number of carbonyl (C=O) groups is 2. The molecule has 120 valence electrons. The molecule has 0 saturated carbocycles. The van der Waals surface area contributed by atoms with Crippen LogP contribution in [0.2, 0.25) is 0 Å². The second kappa shape index (κ2) is 7.79. The number of carbonyl (C=O) groups excluding carboxylic acids is 2. The molecule has 6 heteroatoms. The van der Waals surface area contributed by atoms with Crippen molar-refractivity contribution in [2.75, 3.05) is 33.2 Å². The van der Waals surface area contributed by atoms with Gasteiger partial charge < -0.3 is 20.3 Å². The Morgan fingerprint density at radius 3 is 2.77 bits per heavy atom. The predicted octanol–water partition coefficient (Wildman–Crippen LogP) is 1.06. The van der Waals surface area contributed by atoms with Gasteiger partial charge in [-0.05, 0) is 17.9 Å². The Hall–Kier alpha value is -2.08. The second-order valence-corrected chi connectivity index (χ2v) is 5.62. The van der Waals surface area contributed by atoms with E-state index < -0.39 is 0 Å². The van der Waals surface area contributed by atoms with Crippen LogP contribution in [0.3, 0.4) is 0 Å². The fourth-order valence-corrected chi connectivity index (χ4v) is 2.60. The summed E-state index contributed by atoms with van der Waals surface area (Å²) in [5.41, 5.74) is 6.31. The lowest BCUT2D eigenvalue weighted by atomic mass is 10.1. The number of hydrogen-bond donors (Lipinski definition) is 1. The molecule has 1 aromatic carbocycles. The van der Waals surface area contributed by atoms with E-state index in [2.05, 4.69) is 0 Å². The first-order chi connectivity index (χ1) is 10.6. The molecule has 1 saturated heterocycles. The molecule has 1 aliphatic heterocycles. The van der Waals surface area contributed by atoms with Crippen molar-refractivity contribution in [2.45, 2.75) is 13.0 Å². The lowest BCUT2D eigenvalue weighted by Gasteiger charge is -2.21. The molecule has 0 aliphatic carbocycles. The molecule has 0 spiro atoms. The molecule has 1 aromatic rings. The number of nitrogens with zero attached hydrogens (tertiary/aromatic N) is 2. The molecule has 0 radical (unpaired) electrons. The highest BCUT2D eigenvalue weighted by Gasteiger charge is 2.28. The lowest BCUT2D eigenvalue weighted by Crippen LogP contribution is -2.37. The zero-order chi connectivity index (χ0) is 15.9. The summed E-state index contributed by atoms with van der Waals surface area (Å²) >= 11 is 0. The zero-order valence-electron chi connectivity index (χ0n) is 12.9. The monoisotopic (exact) mass is 305 g/mol. The van der Waals surface area contributed by atoms with E-state index in [1.54, 1.807) is 16.8 Å². The van der Waals surface area contributed by atoms with E-state index in [1.807, 2.05) is 30.3 Å². The molecule has 22 heavy (non-hydrogen) atoms. The first-order valence-electron chi connectivity index (χ1n) is 7.49. The molecule has 2 amide bonds. The largest absolute Gasteiger partial charge is 0.445 e. The van der Waals surface area contributed by atoms with Gasteiger partial charge >= 0.3 is 6.09 Å². The average molecular weight is 305 g/mol. The van der Waals surface area contributed by atoms with E-state index in [1.165, 1.54) is 0 Å². The highest BCUT2D eigenvalue weighted by molar-refractivity contribution is 5.77. The Morgan fingerprint density at radius 2 is 2.09 bits per heavy atom. The van der Waals surface area contributed by atoms with Crippen LogP contribution in [0.4, 0.5) is 4.79 Å². The molecular formula is C16H23N3O3. The molecule has 1 fully saturated rings. The van der Waals surface area contributed by atoms with Crippen LogP contribution < -0.4 is 5.73 Å². The number of amides is 2. The molecule has 6 nitrogen and oxygen atoms in total. The molecule has 0 bridgehead atoms. The molecule has 1 heterocycles. The van der Waals surface area contributed by atoms with Crippen molar-refractivity contribution in [1.82, 2.24) is 9.80 Å². The van der Waals surface area contributed by atoms with E-state index >= 15 is 0 Å². The van der Waals surface area contributed by atoms with Crippen molar-refractivity contribution in [3.8, 4) is 0 Å². The third-order valence-electron chi connectivity index (χ3n) is 3.88. The number of hydrogen-bond acceptors (Lipinski definition) is 4. The fraction of sp³-hybridized carbons (Fsp3) is 0.500. The minimum atomic E-state index is -0.292. The summed E-state index contributed by atoms with van der Waals surface area (Å²) < 4.78 is 5.32. The molecule has 1 atom stereocenters. The number of likely N-dealkylation sites (tertiary alicyclic amines) is 1. The smallest absolute Gasteiger partial charge is 0.410 e. The summed E-state index contributed by atoms with van der Waals surface area (Å²) in [6.07, 6.45) is 0.585. The summed E-state index contributed by atoms with van der Waals surface area (Å²) in [6.45, 7) is 2.22. The van der Waals surface area contributed by atoms with Crippen molar-refractivity contribution in [3.05, 3.63) is 35.9 Å². The van der Waals surface area contributed by atoms with E-state index in [0.29, 0.717) is 19.6 Å². The van der Waals surface area contributed by atoms with Gasteiger partial charge in [-0.2, -0.15) is 0 Å². The molecule has 2 rings (SSSR count). The first-order valence-corrected chi connectivity index (χ1v) is 7.49. The van der Waals surface area contributed by atoms with Crippen LogP contribution in [-0.2, 0) is 16.1 Å².